The molecule has 0 saturated carbocycles. The summed E-state index contributed by atoms with van der Waals surface area (Å²) >= 11 is 0. The number of ether oxygens (including phenoxy) is 2. The first-order chi connectivity index (χ1) is 8.69. The van der Waals surface area contributed by atoms with Crippen LogP contribution in [0.4, 0.5) is 4.39 Å². The van der Waals surface area contributed by atoms with Crippen molar-refractivity contribution in [3.05, 3.63) is 41.7 Å². The van der Waals surface area contributed by atoms with Crippen LogP contribution in [0.5, 0.6) is 0 Å². The standard InChI is InChI=1S/C13H16FNO3/c1-3-17-9-11(13(16)18-4-2)8-10-6-5-7-15-12(10)14/h5-7,9H,3-4,8H2,1-2H3. The van der Waals surface area contributed by atoms with E-state index >= 15 is 0 Å². The number of aromatic nitrogens is 1. The number of carbonyl (C=O) groups excluding carboxylic acids is 1. The normalized spacial score (nSPS) is 11.2. The van der Waals surface area contributed by atoms with Crippen molar-refractivity contribution in [1.29, 1.82) is 0 Å². The highest BCUT2D eigenvalue weighted by Crippen LogP contribution is 2.12. The lowest BCUT2D eigenvalue weighted by Crippen LogP contribution is -2.11. The van der Waals surface area contributed by atoms with E-state index in [-0.39, 0.29) is 18.6 Å². The highest BCUT2D eigenvalue weighted by atomic mass is 19.1. The molecule has 1 aromatic rings. The molecule has 1 heterocycles. The molecule has 0 bridgehead atoms. The first-order valence-corrected chi connectivity index (χ1v) is 5.76. The Morgan fingerprint density at radius 1 is 1.44 bits per heavy atom. The second kappa shape index (κ2) is 7.42. The smallest absolute Gasteiger partial charge is 0.337 e. The van der Waals surface area contributed by atoms with Crippen LogP contribution in [0.15, 0.2) is 30.2 Å². The maximum absolute atomic E-state index is 13.4. The van der Waals surface area contributed by atoms with Crippen LogP contribution in [0.2, 0.25) is 0 Å². The van der Waals surface area contributed by atoms with E-state index in [4.69, 9.17) is 9.47 Å². The van der Waals surface area contributed by atoms with Gasteiger partial charge in [-0.25, -0.2) is 9.78 Å². The summed E-state index contributed by atoms with van der Waals surface area (Å²) in [5.74, 6) is -1.10. The van der Waals surface area contributed by atoms with Crippen LogP contribution in [0.1, 0.15) is 19.4 Å². The molecule has 0 aromatic carbocycles. The van der Waals surface area contributed by atoms with Crippen LogP contribution < -0.4 is 0 Å². The molecule has 0 radical (unpaired) electrons. The van der Waals surface area contributed by atoms with Gasteiger partial charge in [-0.2, -0.15) is 4.39 Å². The van der Waals surface area contributed by atoms with E-state index < -0.39 is 11.9 Å². The first kappa shape index (κ1) is 14.2. The third-order valence-electron chi connectivity index (χ3n) is 2.15. The number of esters is 1. The number of hydrogen-bond acceptors (Lipinski definition) is 4. The molecule has 0 N–H and O–H groups in total. The largest absolute Gasteiger partial charge is 0.501 e. The zero-order valence-electron chi connectivity index (χ0n) is 10.5. The fraction of sp³-hybridized carbons (Fsp3) is 0.385. The van der Waals surface area contributed by atoms with E-state index in [1.54, 1.807) is 26.0 Å². The molecule has 0 fully saturated rings. The third kappa shape index (κ3) is 4.16. The molecule has 98 valence electrons. The van der Waals surface area contributed by atoms with Gasteiger partial charge >= 0.3 is 5.97 Å². The maximum atomic E-state index is 13.4. The Balaban J connectivity index is 2.85. The lowest BCUT2D eigenvalue weighted by atomic mass is 10.1. The molecule has 18 heavy (non-hydrogen) atoms. The summed E-state index contributed by atoms with van der Waals surface area (Å²) in [6.45, 7) is 4.20. The zero-order valence-corrected chi connectivity index (χ0v) is 10.5. The highest BCUT2D eigenvalue weighted by Gasteiger charge is 2.14. The lowest BCUT2D eigenvalue weighted by molar-refractivity contribution is -0.138. The van der Waals surface area contributed by atoms with Gasteiger partial charge in [0.05, 0.1) is 25.0 Å². The fourth-order valence-electron chi connectivity index (χ4n) is 1.33. The Morgan fingerprint density at radius 3 is 2.83 bits per heavy atom. The lowest BCUT2D eigenvalue weighted by Gasteiger charge is -2.07. The summed E-state index contributed by atoms with van der Waals surface area (Å²) < 4.78 is 23.3. The van der Waals surface area contributed by atoms with Crippen molar-refractivity contribution < 1.29 is 18.7 Å². The van der Waals surface area contributed by atoms with Crippen molar-refractivity contribution in [2.24, 2.45) is 0 Å². The minimum Gasteiger partial charge on any atom is -0.501 e. The summed E-state index contributed by atoms with van der Waals surface area (Å²) in [5, 5.41) is 0. The Hall–Kier alpha value is -1.91. The van der Waals surface area contributed by atoms with Gasteiger partial charge in [0.15, 0.2) is 0 Å². The molecule has 1 aromatic heterocycles. The zero-order chi connectivity index (χ0) is 13.4. The maximum Gasteiger partial charge on any atom is 0.337 e. The fourth-order valence-corrected chi connectivity index (χ4v) is 1.33. The minimum atomic E-state index is -0.593. The van der Waals surface area contributed by atoms with E-state index in [9.17, 15) is 9.18 Å². The van der Waals surface area contributed by atoms with E-state index in [1.165, 1.54) is 12.5 Å². The molecule has 0 amide bonds. The molecule has 0 saturated heterocycles. The Labute approximate surface area is 105 Å². The molecule has 0 unspecified atom stereocenters. The molecule has 4 nitrogen and oxygen atoms in total. The average Bonchev–Trinajstić information content (AvgIpc) is 2.36. The summed E-state index contributed by atoms with van der Waals surface area (Å²) in [6.07, 6.45) is 2.76. The molecule has 1 rings (SSSR count). The topological polar surface area (TPSA) is 48.4 Å². The second-order valence-electron chi connectivity index (χ2n) is 3.45. The van der Waals surface area contributed by atoms with Crippen molar-refractivity contribution in [3.63, 3.8) is 0 Å². The molecular weight excluding hydrogens is 237 g/mol. The predicted molar refractivity (Wildman–Crippen MR) is 64.2 cm³/mol. The SMILES string of the molecule is CCOC=C(Cc1cccnc1F)C(=O)OCC. The van der Waals surface area contributed by atoms with E-state index in [0.29, 0.717) is 12.2 Å². The number of pyridine rings is 1. The van der Waals surface area contributed by atoms with Crippen molar-refractivity contribution in [3.8, 4) is 0 Å². The Bertz CT molecular complexity index is 432. The van der Waals surface area contributed by atoms with Crippen molar-refractivity contribution >= 4 is 5.97 Å². The quantitative estimate of drug-likeness (QED) is 0.337. The van der Waals surface area contributed by atoms with E-state index in [2.05, 4.69) is 4.98 Å². The molecule has 0 aliphatic heterocycles. The van der Waals surface area contributed by atoms with Crippen LogP contribution in [-0.4, -0.2) is 24.2 Å². The molecule has 0 aliphatic carbocycles. The monoisotopic (exact) mass is 253 g/mol. The van der Waals surface area contributed by atoms with Gasteiger partial charge in [-0.05, 0) is 19.9 Å². The van der Waals surface area contributed by atoms with Gasteiger partial charge in [0, 0.05) is 18.2 Å². The second-order valence-corrected chi connectivity index (χ2v) is 3.45. The number of halogens is 1. The van der Waals surface area contributed by atoms with Crippen LogP contribution in [0.25, 0.3) is 0 Å². The number of rotatable bonds is 6. The molecule has 0 aliphatic rings. The Morgan fingerprint density at radius 2 is 2.22 bits per heavy atom. The van der Waals surface area contributed by atoms with E-state index in [0.717, 1.165) is 0 Å². The number of hydrogen-bond donors (Lipinski definition) is 0. The minimum absolute atomic E-state index is 0.0957. The van der Waals surface area contributed by atoms with Crippen LogP contribution in [0.3, 0.4) is 0 Å². The van der Waals surface area contributed by atoms with Gasteiger partial charge in [0.25, 0.3) is 0 Å². The van der Waals surface area contributed by atoms with Crippen molar-refractivity contribution in [1.82, 2.24) is 4.98 Å². The third-order valence-corrected chi connectivity index (χ3v) is 2.15. The summed E-state index contributed by atoms with van der Waals surface area (Å²) in [4.78, 5) is 15.2. The van der Waals surface area contributed by atoms with Crippen molar-refractivity contribution in [2.75, 3.05) is 13.2 Å². The van der Waals surface area contributed by atoms with Gasteiger partial charge < -0.3 is 9.47 Å². The van der Waals surface area contributed by atoms with Gasteiger partial charge in [0.1, 0.15) is 0 Å². The van der Waals surface area contributed by atoms with Crippen molar-refractivity contribution in [2.45, 2.75) is 20.3 Å². The van der Waals surface area contributed by atoms with Crippen LogP contribution >= 0.6 is 0 Å². The Kier molecular flexibility index (Phi) is 5.84. The number of nitrogens with zero attached hydrogens (tertiary/aromatic N) is 1. The predicted octanol–water partition coefficient (Wildman–Crippen LogP) is 2.25. The molecule has 0 atom stereocenters. The average molecular weight is 253 g/mol. The van der Waals surface area contributed by atoms with E-state index in [1.807, 2.05) is 0 Å². The van der Waals surface area contributed by atoms with Gasteiger partial charge in [-0.3, -0.25) is 0 Å². The summed E-state index contributed by atoms with van der Waals surface area (Å²) in [7, 11) is 0. The summed E-state index contributed by atoms with van der Waals surface area (Å²) in [5.41, 5.74) is 0.599. The summed E-state index contributed by atoms with van der Waals surface area (Å²) in [6, 6.07) is 3.18. The molecule has 0 spiro atoms. The van der Waals surface area contributed by atoms with Gasteiger partial charge in [0.2, 0.25) is 5.95 Å². The molecule has 5 heteroatoms. The highest BCUT2D eigenvalue weighted by molar-refractivity contribution is 5.88. The number of carbonyl (C=O) groups is 1. The van der Waals surface area contributed by atoms with Crippen LogP contribution in [-0.2, 0) is 20.7 Å². The van der Waals surface area contributed by atoms with Gasteiger partial charge in [-0.1, -0.05) is 6.07 Å². The molecular formula is C13H16FNO3. The first-order valence-electron chi connectivity index (χ1n) is 5.76. The van der Waals surface area contributed by atoms with Gasteiger partial charge in [-0.15, -0.1) is 0 Å². The van der Waals surface area contributed by atoms with Crippen LogP contribution in [0, 0.1) is 5.95 Å².